The van der Waals surface area contributed by atoms with Crippen molar-refractivity contribution in [3.05, 3.63) is 29.8 Å². The molecule has 0 unspecified atom stereocenters. The molecule has 0 aromatic heterocycles. The van der Waals surface area contributed by atoms with Crippen molar-refractivity contribution in [1.82, 2.24) is 9.80 Å². The van der Waals surface area contributed by atoms with Crippen LogP contribution in [0.15, 0.2) is 24.3 Å². The van der Waals surface area contributed by atoms with Gasteiger partial charge in [-0.25, -0.2) is 4.79 Å². The predicted octanol–water partition coefficient (Wildman–Crippen LogP) is 4.44. The highest BCUT2D eigenvalue weighted by atomic mass is 19.4. The number of alkyl halides is 3. The largest absolute Gasteiger partial charge is 0.573 e. The molecule has 1 aliphatic heterocycles. The number of hydrogen-bond donors (Lipinski definition) is 1. The molecule has 2 aliphatic rings. The summed E-state index contributed by atoms with van der Waals surface area (Å²) >= 11 is 0. The van der Waals surface area contributed by atoms with Crippen molar-refractivity contribution in [1.29, 1.82) is 0 Å². The van der Waals surface area contributed by atoms with Crippen LogP contribution in [0.3, 0.4) is 0 Å². The SMILES string of the molecule is CCCCOC(=O)N1CCN(C(=O)[C@@H](c2cccc(OC(F)(F)F)c2)C2(O)CCCCC2)CC1. The van der Waals surface area contributed by atoms with Gasteiger partial charge in [-0.05, 0) is 37.0 Å². The molecule has 1 aromatic rings. The van der Waals surface area contributed by atoms with Crippen LogP contribution in [0.25, 0.3) is 0 Å². The summed E-state index contributed by atoms with van der Waals surface area (Å²) in [6.45, 7) is 3.44. The van der Waals surface area contributed by atoms with E-state index in [0.717, 1.165) is 32.1 Å². The Labute approximate surface area is 197 Å². The molecule has 1 atom stereocenters. The number of aliphatic hydroxyl groups is 1. The topological polar surface area (TPSA) is 79.3 Å². The maximum absolute atomic E-state index is 13.7. The molecule has 0 spiro atoms. The van der Waals surface area contributed by atoms with Crippen molar-refractivity contribution < 1.29 is 37.3 Å². The molecule has 1 heterocycles. The van der Waals surface area contributed by atoms with E-state index in [1.807, 2.05) is 6.92 Å². The fourth-order valence-electron chi connectivity index (χ4n) is 4.71. The Morgan fingerprint density at radius 3 is 2.35 bits per heavy atom. The van der Waals surface area contributed by atoms with E-state index in [0.29, 0.717) is 32.5 Å². The average molecular weight is 487 g/mol. The lowest BCUT2D eigenvalue weighted by atomic mass is 9.72. The monoisotopic (exact) mass is 486 g/mol. The van der Waals surface area contributed by atoms with E-state index >= 15 is 0 Å². The van der Waals surface area contributed by atoms with Crippen LogP contribution in [-0.2, 0) is 9.53 Å². The van der Waals surface area contributed by atoms with Crippen molar-refractivity contribution >= 4 is 12.0 Å². The molecular formula is C24H33F3N2O5. The molecule has 7 nitrogen and oxygen atoms in total. The molecule has 1 aromatic carbocycles. The first kappa shape index (κ1) is 26.1. The number of amides is 2. The summed E-state index contributed by atoms with van der Waals surface area (Å²) < 4.78 is 47.6. The summed E-state index contributed by atoms with van der Waals surface area (Å²) in [5.74, 6) is -1.80. The number of hydrogen-bond acceptors (Lipinski definition) is 5. The molecule has 1 saturated heterocycles. The van der Waals surface area contributed by atoms with Gasteiger partial charge in [0.15, 0.2) is 0 Å². The van der Waals surface area contributed by atoms with E-state index < -0.39 is 29.7 Å². The third kappa shape index (κ3) is 6.77. The normalized spacial score (nSPS) is 19.4. The quantitative estimate of drug-likeness (QED) is 0.577. The average Bonchev–Trinajstić information content (AvgIpc) is 2.79. The minimum absolute atomic E-state index is 0.257. The summed E-state index contributed by atoms with van der Waals surface area (Å²) in [4.78, 5) is 29.0. The molecule has 0 bridgehead atoms. The zero-order valence-electron chi connectivity index (χ0n) is 19.5. The first-order valence-electron chi connectivity index (χ1n) is 11.9. The van der Waals surface area contributed by atoms with Gasteiger partial charge in [0.05, 0.1) is 18.1 Å². The third-order valence-electron chi connectivity index (χ3n) is 6.50. The van der Waals surface area contributed by atoms with Crippen molar-refractivity contribution in [3.8, 4) is 5.75 Å². The highest BCUT2D eigenvalue weighted by molar-refractivity contribution is 5.85. The molecule has 190 valence electrons. The Hall–Kier alpha value is -2.49. The van der Waals surface area contributed by atoms with Crippen LogP contribution in [0.1, 0.15) is 63.4 Å². The van der Waals surface area contributed by atoms with Crippen LogP contribution in [0.4, 0.5) is 18.0 Å². The Kier molecular flexibility index (Phi) is 8.67. The zero-order chi connectivity index (χ0) is 24.8. The van der Waals surface area contributed by atoms with Crippen LogP contribution >= 0.6 is 0 Å². The van der Waals surface area contributed by atoms with Gasteiger partial charge in [0.2, 0.25) is 5.91 Å². The lowest BCUT2D eigenvalue weighted by molar-refractivity contribution is -0.274. The van der Waals surface area contributed by atoms with Gasteiger partial charge in [0, 0.05) is 26.2 Å². The summed E-state index contributed by atoms with van der Waals surface area (Å²) in [6, 6.07) is 5.31. The van der Waals surface area contributed by atoms with Gasteiger partial charge in [-0.3, -0.25) is 4.79 Å². The van der Waals surface area contributed by atoms with Crippen LogP contribution < -0.4 is 4.74 Å². The van der Waals surface area contributed by atoms with Crippen molar-refractivity contribution in [2.24, 2.45) is 0 Å². The molecule has 1 N–H and O–H groups in total. The van der Waals surface area contributed by atoms with Crippen molar-refractivity contribution in [3.63, 3.8) is 0 Å². The second-order valence-electron chi connectivity index (χ2n) is 9.00. The number of carbonyl (C=O) groups excluding carboxylic acids is 2. The Balaban J connectivity index is 1.77. The summed E-state index contributed by atoms with van der Waals surface area (Å²) in [5.41, 5.74) is -1.07. The zero-order valence-corrected chi connectivity index (χ0v) is 19.5. The van der Waals surface area contributed by atoms with Gasteiger partial charge in [-0.2, -0.15) is 0 Å². The van der Waals surface area contributed by atoms with E-state index in [-0.39, 0.29) is 24.6 Å². The molecule has 2 fully saturated rings. The highest BCUT2D eigenvalue weighted by Gasteiger charge is 2.45. The number of rotatable bonds is 7. The number of nitrogens with zero attached hydrogens (tertiary/aromatic N) is 2. The van der Waals surface area contributed by atoms with Crippen LogP contribution in [0.5, 0.6) is 5.75 Å². The van der Waals surface area contributed by atoms with Gasteiger partial charge in [0.1, 0.15) is 5.75 Å². The molecule has 2 amide bonds. The van der Waals surface area contributed by atoms with Gasteiger partial charge in [0.25, 0.3) is 0 Å². The molecule has 34 heavy (non-hydrogen) atoms. The standard InChI is InChI=1S/C24H33F3N2O5/c1-2-3-16-33-22(31)29-14-12-28(13-15-29)21(30)20(23(32)10-5-4-6-11-23)18-8-7-9-19(17-18)34-24(25,26)27/h7-9,17,20,32H,2-6,10-16H2,1H3/t20-/m1/s1. The smallest absolute Gasteiger partial charge is 0.449 e. The van der Waals surface area contributed by atoms with Crippen molar-refractivity contribution in [2.75, 3.05) is 32.8 Å². The maximum atomic E-state index is 13.7. The number of carbonyl (C=O) groups is 2. The lowest BCUT2D eigenvalue weighted by Crippen LogP contribution is -2.55. The van der Waals surface area contributed by atoms with Gasteiger partial charge < -0.3 is 24.4 Å². The van der Waals surface area contributed by atoms with Crippen molar-refractivity contribution in [2.45, 2.75) is 69.8 Å². The lowest BCUT2D eigenvalue weighted by Gasteiger charge is -2.42. The Bertz CT molecular complexity index is 834. The van der Waals surface area contributed by atoms with Gasteiger partial charge in [-0.1, -0.05) is 44.7 Å². The van der Waals surface area contributed by atoms with E-state index in [1.165, 1.54) is 18.2 Å². The number of piperazine rings is 1. The maximum Gasteiger partial charge on any atom is 0.573 e. The van der Waals surface area contributed by atoms with E-state index in [4.69, 9.17) is 4.74 Å². The number of halogens is 3. The first-order chi connectivity index (χ1) is 16.1. The highest BCUT2D eigenvalue weighted by Crippen LogP contribution is 2.42. The molecular weight excluding hydrogens is 453 g/mol. The minimum Gasteiger partial charge on any atom is -0.449 e. The van der Waals surface area contributed by atoms with E-state index in [9.17, 15) is 27.9 Å². The fourth-order valence-corrected chi connectivity index (χ4v) is 4.71. The molecule has 0 radical (unpaired) electrons. The number of benzene rings is 1. The summed E-state index contributed by atoms with van der Waals surface area (Å²) in [6.07, 6.45) is -0.417. The van der Waals surface area contributed by atoms with E-state index in [1.54, 1.807) is 15.9 Å². The van der Waals surface area contributed by atoms with Crippen LogP contribution in [0.2, 0.25) is 0 Å². The van der Waals surface area contributed by atoms with Crippen LogP contribution in [0, 0.1) is 0 Å². The third-order valence-corrected chi connectivity index (χ3v) is 6.50. The molecule has 1 aliphatic carbocycles. The predicted molar refractivity (Wildman–Crippen MR) is 118 cm³/mol. The van der Waals surface area contributed by atoms with Gasteiger partial charge in [-0.15, -0.1) is 13.2 Å². The molecule has 10 heteroatoms. The molecule has 3 rings (SSSR count). The Morgan fingerprint density at radius 1 is 1.09 bits per heavy atom. The summed E-state index contributed by atoms with van der Waals surface area (Å²) in [5, 5.41) is 11.5. The van der Waals surface area contributed by atoms with Gasteiger partial charge >= 0.3 is 12.5 Å². The molecule has 1 saturated carbocycles. The second kappa shape index (κ2) is 11.3. The van der Waals surface area contributed by atoms with Crippen LogP contribution in [-0.4, -0.2) is 71.7 Å². The minimum atomic E-state index is -4.86. The van der Waals surface area contributed by atoms with E-state index in [2.05, 4.69) is 4.74 Å². The summed E-state index contributed by atoms with van der Waals surface area (Å²) in [7, 11) is 0. The number of ether oxygens (including phenoxy) is 2. The fraction of sp³-hybridized carbons (Fsp3) is 0.667. The number of unbranched alkanes of at least 4 members (excludes halogenated alkanes) is 1. The Morgan fingerprint density at radius 2 is 1.74 bits per heavy atom. The second-order valence-corrected chi connectivity index (χ2v) is 9.00. The first-order valence-corrected chi connectivity index (χ1v) is 11.9.